The number of nitrogens with zero attached hydrogens (tertiary/aromatic N) is 2. The van der Waals surface area contributed by atoms with Gasteiger partial charge in [0.05, 0.1) is 22.4 Å². The average molecular weight is 368 g/mol. The molecule has 3 aromatic carbocycles. The van der Waals surface area contributed by atoms with Crippen LogP contribution in [0.1, 0.15) is 5.56 Å². The van der Waals surface area contributed by atoms with Crippen molar-refractivity contribution in [2.24, 2.45) is 0 Å². The van der Waals surface area contributed by atoms with Crippen molar-refractivity contribution in [3.05, 3.63) is 84.4 Å². The van der Waals surface area contributed by atoms with E-state index in [1.807, 2.05) is 72.8 Å². The molecule has 136 valence electrons. The minimum absolute atomic E-state index is 0.530. The lowest BCUT2D eigenvalue weighted by molar-refractivity contribution is 0.486. The van der Waals surface area contributed by atoms with Crippen molar-refractivity contribution in [2.75, 3.05) is 5.32 Å². The minimum atomic E-state index is -0.530. The van der Waals surface area contributed by atoms with Gasteiger partial charge in [-0.25, -0.2) is 9.37 Å². The van der Waals surface area contributed by atoms with Crippen molar-refractivity contribution in [1.82, 2.24) is 15.2 Å². The predicted molar refractivity (Wildman–Crippen MR) is 111 cm³/mol. The Morgan fingerprint density at radius 1 is 0.857 bits per heavy atom. The van der Waals surface area contributed by atoms with Crippen LogP contribution in [0.15, 0.2) is 78.9 Å². The number of hydrogen-bond acceptors (Lipinski definition) is 3. The Kier molecular flexibility index (Phi) is 3.98. The minimum Gasteiger partial charge on any atom is -0.338 e. The van der Waals surface area contributed by atoms with E-state index >= 15 is 0 Å². The number of fused-ring (bicyclic) bond motifs is 2. The summed E-state index contributed by atoms with van der Waals surface area (Å²) >= 11 is 0. The molecule has 0 aliphatic carbocycles. The number of aromatic amines is 1. The first kappa shape index (κ1) is 16.4. The highest BCUT2D eigenvalue weighted by Gasteiger charge is 2.12. The number of hydrogen-bond donors (Lipinski definition) is 2. The van der Waals surface area contributed by atoms with Gasteiger partial charge in [-0.1, -0.05) is 54.6 Å². The summed E-state index contributed by atoms with van der Waals surface area (Å²) in [5.41, 5.74) is 4.84. The lowest BCUT2D eigenvalue weighted by Crippen LogP contribution is -1.97. The fourth-order valence-corrected chi connectivity index (χ4v) is 3.49. The highest BCUT2D eigenvalue weighted by molar-refractivity contribution is 5.99. The molecule has 28 heavy (non-hydrogen) atoms. The standard InChI is InChI=1S/C23H17FN4/c24-14-15-7-1-2-8-16(15)21-13-22(17-9-3-5-11-19(17)25-21)26-23-18-10-4-6-12-20(18)27-28-23/h1-13H,14H2,(H2,25,26,27,28). The van der Waals surface area contributed by atoms with Crippen LogP contribution in [0.25, 0.3) is 33.1 Å². The summed E-state index contributed by atoms with van der Waals surface area (Å²) < 4.78 is 13.5. The number of pyridine rings is 1. The molecule has 0 spiro atoms. The molecule has 5 aromatic rings. The van der Waals surface area contributed by atoms with E-state index in [1.54, 1.807) is 6.07 Å². The lowest BCUT2D eigenvalue weighted by Gasteiger charge is -2.12. The molecule has 0 atom stereocenters. The molecule has 0 saturated heterocycles. The summed E-state index contributed by atoms with van der Waals surface area (Å²) in [4.78, 5) is 4.77. The SMILES string of the molecule is FCc1ccccc1-c1cc(Nc2n[nH]c3ccccc23)c2ccccc2n1. The number of nitrogens with one attached hydrogen (secondary N) is 2. The van der Waals surface area contributed by atoms with Gasteiger partial charge >= 0.3 is 0 Å². The van der Waals surface area contributed by atoms with E-state index in [-0.39, 0.29) is 0 Å². The van der Waals surface area contributed by atoms with Crippen LogP contribution in [0.4, 0.5) is 15.9 Å². The van der Waals surface area contributed by atoms with E-state index in [0.717, 1.165) is 44.6 Å². The second kappa shape index (κ2) is 6.78. The van der Waals surface area contributed by atoms with Crippen molar-refractivity contribution in [1.29, 1.82) is 0 Å². The van der Waals surface area contributed by atoms with E-state index in [1.165, 1.54) is 0 Å². The van der Waals surface area contributed by atoms with Crippen LogP contribution in [-0.4, -0.2) is 15.2 Å². The maximum atomic E-state index is 13.5. The van der Waals surface area contributed by atoms with E-state index < -0.39 is 6.67 Å². The third kappa shape index (κ3) is 2.77. The van der Waals surface area contributed by atoms with Gasteiger partial charge in [0.25, 0.3) is 0 Å². The first-order valence-corrected chi connectivity index (χ1v) is 9.07. The molecule has 2 aromatic heterocycles. The Labute approximate surface area is 161 Å². The number of halogens is 1. The first-order chi connectivity index (χ1) is 13.8. The van der Waals surface area contributed by atoms with Crippen molar-refractivity contribution in [3.63, 3.8) is 0 Å². The normalized spacial score (nSPS) is 11.2. The molecule has 0 bridgehead atoms. The molecule has 5 heteroatoms. The summed E-state index contributed by atoms with van der Waals surface area (Å²) in [5.74, 6) is 0.747. The van der Waals surface area contributed by atoms with Crippen LogP contribution in [-0.2, 0) is 6.67 Å². The number of benzene rings is 3. The molecule has 4 nitrogen and oxygen atoms in total. The number of anilines is 2. The smallest absolute Gasteiger partial charge is 0.160 e. The Morgan fingerprint density at radius 3 is 2.50 bits per heavy atom. The van der Waals surface area contributed by atoms with Gasteiger partial charge in [-0.2, -0.15) is 5.10 Å². The zero-order chi connectivity index (χ0) is 18.9. The van der Waals surface area contributed by atoms with Crippen LogP contribution >= 0.6 is 0 Å². The van der Waals surface area contributed by atoms with Gasteiger partial charge in [0.2, 0.25) is 0 Å². The summed E-state index contributed by atoms with van der Waals surface area (Å²) in [7, 11) is 0. The predicted octanol–water partition coefficient (Wildman–Crippen LogP) is 5.99. The maximum Gasteiger partial charge on any atom is 0.160 e. The van der Waals surface area contributed by atoms with Crippen molar-refractivity contribution < 1.29 is 4.39 Å². The molecule has 0 saturated carbocycles. The van der Waals surface area contributed by atoms with Gasteiger partial charge in [0, 0.05) is 16.3 Å². The highest BCUT2D eigenvalue weighted by atomic mass is 19.1. The number of aromatic nitrogens is 3. The average Bonchev–Trinajstić information content (AvgIpc) is 3.16. The third-order valence-corrected chi connectivity index (χ3v) is 4.88. The maximum absolute atomic E-state index is 13.5. The second-order valence-electron chi connectivity index (χ2n) is 6.61. The number of rotatable bonds is 4. The van der Waals surface area contributed by atoms with Gasteiger partial charge in [-0.3, -0.25) is 5.10 Å². The molecule has 2 heterocycles. The monoisotopic (exact) mass is 368 g/mol. The quantitative estimate of drug-likeness (QED) is 0.410. The van der Waals surface area contributed by atoms with Crippen molar-refractivity contribution in [2.45, 2.75) is 6.67 Å². The fourth-order valence-electron chi connectivity index (χ4n) is 3.49. The molecule has 5 rings (SSSR count). The van der Waals surface area contributed by atoms with E-state index in [0.29, 0.717) is 5.56 Å². The van der Waals surface area contributed by atoms with Gasteiger partial charge in [-0.05, 0) is 29.8 Å². The van der Waals surface area contributed by atoms with E-state index in [2.05, 4.69) is 15.5 Å². The zero-order valence-electron chi connectivity index (χ0n) is 15.0. The molecule has 2 N–H and O–H groups in total. The van der Waals surface area contributed by atoms with Crippen molar-refractivity contribution >= 4 is 33.3 Å². The van der Waals surface area contributed by atoms with Crippen LogP contribution < -0.4 is 5.32 Å². The van der Waals surface area contributed by atoms with Crippen LogP contribution in [0.5, 0.6) is 0 Å². The lowest BCUT2D eigenvalue weighted by atomic mass is 10.0. The fraction of sp³-hybridized carbons (Fsp3) is 0.0435. The highest BCUT2D eigenvalue weighted by Crippen LogP contribution is 2.33. The molecule has 0 unspecified atom stereocenters. The Hall–Kier alpha value is -3.73. The Balaban J connectivity index is 1.69. The number of alkyl halides is 1. The zero-order valence-corrected chi connectivity index (χ0v) is 15.0. The van der Waals surface area contributed by atoms with Crippen molar-refractivity contribution in [3.8, 4) is 11.3 Å². The summed E-state index contributed by atoms with van der Waals surface area (Å²) in [5, 5.41) is 12.9. The van der Waals surface area contributed by atoms with Gasteiger partial charge in [0.15, 0.2) is 5.82 Å². The van der Waals surface area contributed by atoms with E-state index in [4.69, 9.17) is 4.98 Å². The van der Waals surface area contributed by atoms with E-state index in [9.17, 15) is 4.39 Å². The van der Waals surface area contributed by atoms with Crippen LogP contribution in [0, 0.1) is 0 Å². The Morgan fingerprint density at radius 2 is 1.61 bits per heavy atom. The molecular weight excluding hydrogens is 351 g/mol. The summed E-state index contributed by atoms with van der Waals surface area (Å²) in [6.07, 6.45) is 0. The topological polar surface area (TPSA) is 53.6 Å². The van der Waals surface area contributed by atoms with Crippen LogP contribution in [0.2, 0.25) is 0 Å². The largest absolute Gasteiger partial charge is 0.338 e. The third-order valence-electron chi connectivity index (χ3n) is 4.88. The number of para-hydroxylation sites is 2. The molecule has 0 amide bonds. The molecular formula is C23H17FN4. The summed E-state index contributed by atoms with van der Waals surface area (Å²) in [6.45, 7) is -0.530. The van der Waals surface area contributed by atoms with Crippen LogP contribution in [0.3, 0.4) is 0 Å². The molecule has 0 radical (unpaired) electrons. The molecule has 0 fully saturated rings. The Bertz CT molecular complexity index is 1290. The summed E-state index contributed by atoms with van der Waals surface area (Å²) in [6, 6.07) is 25.3. The van der Waals surface area contributed by atoms with Gasteiger partial charge < -0.3 is 5.32 Å². The molecule has 0 aliphatic rings. The molecule has 0 aliphatic heterocycles. The van der Waals surface area contributed by atoms with Gasteiger partial charge in [0.1, 0.15) is 6.67 Å². The number of H-pyrrole nitrogens is 1. The first-order valence-electron chi connectivity index (χ1n) is 9.07. The van der Waals surface area contributed by atoms with Gasteiger partial charge in [-0.15, -0.1) is 0 Å². The second-order valence-corrected chi connectivity index (χ2v) is 6.61.